The average molecular weight is 552 g/mol. The molecule has 0 saturated carbocycles. The predicted molar refractivity (Wildman–Crippen MR) is 128 cm³/mol. The van der Waals surface area contributed by atoms with Gasteiger partial charge in [-0.2, -0.15) is 4.98 Å². The fraction of sp³-hybridized carbons (Fsp3) is 0.0952. The van der Waals surface area contributed by atoms with Crippen molar-refractivity contribution in [2.75, 3.05) is 19.0 Å². The lowest BCUT2D eigenvalue weighted by atomic mass is 10.2. The number of aromatic hydroxyl groups is 1. The van der Waals surface area contributed by atoms with Crippen molar-refractivity contribution in [2.45, 2.75) is 0 Å². The van der Waals surface area contributed by atoms with E-state index in [4.69, 9.17) is 21.1 Å². The molecule has 0 saturated heterocycles. The molecule has 34 heavy (non-hydrogen) atoms. The van der Waals surface area contributed by atoms with Crippen LogP contribution in [0.1, 0.15) is 11.4 Å². The summed E-state index contributed by atoms with van der Waals surface area (Å²) in [5.74, 6) is -0.842. The number of nitrogens with zero attached hydrogens (tertiary/aromatic N) is 2. The first-order chi connectivity index (χ1) is 16.2. The van der Waals surface area contributed by atoms with E-state index in [1.165, 1.54) is 19.3 Å². The molecule has 0 aliphatic carbocycles. The summed E-state index contributed by atoms with van der Waals surface area (Å²) < 4.78 is 11.5. The van der Waals surface area contributed by atoms with E-state index in [9.17, 15) is 24.8 Å². The third-order valence-electron chi connectivity index (χ3n) is 4.26. The summed E-state index contributed by atoms with van der Waals surface area (Å²) in [4.78, 5) is 39.4. The number of aromatic nitrogens is 2. The maximum atomic E-state index is 12.2. The van der Waals surface area contributed by atoms with Crippen LogP contribution in [0.2, 0.25) is 5.02 Å². The minimum absolute atomic E-state index is 0.0860. The molecule has 0 bridgehead atoms. The molecule has 0 fully saturated rings. The summed E-state index contributed by atoms with van der Waals surface area (Å²) in [7, 11) is 1.42. The van der Waals surface area contributed by atoms with Gasteiger partial charge in [-0.25, -0.2) is 0 Å². The van der Waals surface area contributed by atoms with Gasteiger partial charge in [0.25, 0.3) is 11.8 Å². The van der Waals surface area contributed by atoms with Crippen molar-refractivity contribution < 1.29 is 24.3 Å². The molecular weight excluding hydrogens is 536 g/mol. The number of H-pyrrole nitrogens is 1. The van der Waals surface area contributed by atoms with Crippen LogP contribution in [0.3, 0.4) is 0 Å². The van der Waals surface area contributed by atoms with E-state index < -0.39 is 28.0 Å². The topological polar surface area (TPSA) is 157 Å². The molecule has 0 radical (unpaired) electrons. The average Bonchev–Trinajstić information content (AvgIpc) is 2.78. The van der Waals surface area contributed by atoms with Crippen molar-refractivity contribution in [1.29, 1.82) is 0 Å². The van der Waals surface area contributed by atoms with E-state index in [0.717, 1.165) is 0 Å². The number of halogens is 2. The van der Waals surface area contributed by atoms with Crippen molar-refractivity contribution in [1.82, 2.24) is 9.97 Å². The van der Waals surface area contributed by atoms with Crippen LogP contribution in [0.15, 0.2) is 45.7 Å². The Morgan fingerprint density at radius 1 is 1.29 bits per heavy atom. The van der Waals surface area contributed by atoms with Crippen molar-refractivity contribution in [3.63, 3.8) is 0 Å². The quantitative estimate of drug-likeness (QED) is 0.280. The number of methoxy groups -OCH3 is 1. The molecule has 1 amide bonds. The molecule has 11 nitrogen and oxygen atoms in total. The number of amides is 1. The van der Waals surface area contributed by atoms with Crippen LogP contribution in [0.5, 0.6) is 17.4 Å². The summed E-state index contributed by atoms with van der Waals surface area (Å²) in [5, 5.41) is 23.5. The van der Waals surface area contributed by atoms with Crippen molar-refractivity contribution >= 4 is 57.0 Å². The molecule has 3 aromatic rings. The van der Waals surface area contributed by atoms with Crippen LogP contribution >= 0.6 is 27.5 Å². The summed E-state index contributed by atoms with van der Waals surface area (Å²) in [6.45, 7) is -0.285. The highest BCUT2D eigenvalue weighted by molar-refractivity contribution is 9.10. The lowest BCUT2D eigenvalue weighted by Crippen LogP contribution is -2.20. The number of nitrogens with one attached hydrogen (secondary N) is 2. The second-order valence-electron chi connectivity index (χ2n) is 6.59. The first-order valence-corrected chi connectivity index (χ1v) is 10.6. The number of hydrogen-bond donors (Lipinski definition) is 3. The van der Waals surface area contributed by atoms with Crippen LogP contribution in [-0.2, 0) is 4.79 Å². The van der Waals surface area contributed by atoms with Crippen LogP contribution < -0.4 is 20.3 Å². The molecule has 3 N–H and O–H groups in total. The van der Waals surface area contributed by atoms with Gasteiger partial charge >= 0.3 is 11.2 Å². The van der Waals surface area contributed by atoms with Gasteiger partial charge in [0.1, 0.15) is 5.82 Å². The Labute approximate surface area is 205 Å². The monoisotopic (exact) mass is 550 g/mol. The standard InChI is InChI=1S/C21H16BrClN4O7/c1-33-16-8-11(3-7-17-25-20(29)19(27(31)32)21(30)26-17)2-6-15(16)34-10-18(28)24-12-4-5-13(22)14(23)9-12/h2-9H,10H2,1H3,(H,24,28)(H2,25,26,29,30)/b7-3+. The molecule has 176 valence electrons. The number of rotatable bonds is 8. The summed E-state index contributed by atoms with van der Waals surface area (Å²) in [6, 6.07) is 9.80. The number of carbonyl (C=O) groups excluding carboxylic acids is 1. The van der Waals surface area contributed by atoms with Gasteiger partial charge in [-0.1, -0.05) is 23.7 Å². The van der Waals surface area contributed by atoms with Crippen LogP contribution in [0.4, 0.5) is 11.4 Å². The third-order valence-corrected chi connectivity index (χ3v) is 5.49. The zero-order valence-corrected chi connectivity index (χ0v) is 19.7. The minimum atomic E-state index is -1.08. The molecule has 3 rings (SSSR count). The lowest BCUT2D eigenvalue weighted by molar-refractivity contribution is -0.387. The summed E-state index contributed by atoms with van der Waals surface area (Å²) >= 11 is 9.29. The molecule has 0 aliphatic heterocycles. The molecule has 0 unspecified atom stereocenters. The zero-order chi connectivity index (χ0) is 24.8. The van der Waals surface area contributed by atoms with E-state index in [1.54, 1.807) is 36.4 Å². The highest BCUT2D eigenvalue weighted by Crippen LogP contribution is 2.29. The summed E-state index contributed by atoms with van der Waals surface area (Å²) in [6.07, 6.45) is 2.87. The number of hydrogen-bond acceptors (Lipinski definition) is 8. The van der Waals surface area contributed by atoms with Crippen molar-refractivity contribution in [2.24, 2.45) is 0 Å². The largest absolute Gasteiger partial charge is 0.493 e. The third kappa shape index (κ3) is 6.11. The van der Waals surface area contributed by atoms with Crippen molar-refractivity contribution in [3.05, 3.63) is 77.7 Å². The second kappa shape index (κ2) is 10.8. The number of carbonyl (C=O) groups is 1. The number of nitro groups is 1. The SMILES string of the molecule is COc1cc(/C=C/c2nc(O)c([N+](=O)[O-])c(=O)[nH]2)ccc1OCC(=O)Nc1ccc(Br)c(Cl)c1. The lowest BCUT2D eigenvalue weighted by Gasteiger charge is -2.12. The van der Waals surface area contributed by atoms with Crippen molar-refractivity contribution in [3.8, 4) is 17.4 Å². The molecule has 0 aliphatic rings. The fourth-order valence-electron chi connectivity index (χ4n) is 2.71. The van der Waals surface area contributed by atoms with Crippen LogP contribution in [0.25, 0.3) is 12.2 Å². The number of ether oxygens (including phenoxy) is 2. The van der Waals surface area contributed by atoms with Crippen LogP contribution in [0, 0.1) is 10.1 Å². The van der Waals surface area contributed by atoms with Gasteiger partial charge in [0, 0.05) is 10.2 Å². The van der Waals surface area contributed by atoms with E-state index in [1.807, 2.05) is 0 Å². The Balaban J connectivity index is 1.68. The maximum absolute atomic E-state index is 12.2. The molecular formula is C21H16BrClN4O7. The molecule has 13 heteroatoms. The highest BCUT2D eigenvalue weighted by atomic mass is 79.9. The minimum Gasteiger partial charge on any atom is -0.493 e. The maximum Gasteiger partial charge on any atom is 0.395 e. The van der Waals surface area contributed by atoms with E-state index in [2.05, 4.69) is 31.2 Å². The van der Waals surface area contributed by atoms with Gasteiger partial charge in [-0.3, -0.25) is 19.7 Å². The van der Waals surface area contributed by atoms with Gasteiger partial charge in [0.2, 0.25) is 0 Å². The second-order valence-corrected chi connectivity index (χ2v) is 7.85. The molecule has 0 atom stereocenters. The molecule has 1 aromatic heterocycles. The van der Waals surface area contributed by atoms with Gasteiger partial charge in [0.15, 0.2) is 18.1 Å². The first-order valence-electron chi connectivity index (χ1n) is 9.39. The molecule has 2 aromatic carbocycles. The molecule has 1 heterocycles. The van der Waals surface area contributed by atoms with E-state index in [0.29, 0.717) is 32.2 Å². The number of benzene rings is 2. The smallest absolute Gasteiger partial charge is 0.395 e. The fourth-order valence-corrected chi connectivity index (χ4v) is 3.14. The van der Waals surface area contributed by atoms with E-state index >= 15 is 0 Å². The highest BCUT2D eigenvalue weighted by Gasteiger charge is 2.21. The Morgan fingerprint density at radius 2 is 2.06 bits per heavy atom. The Bertz CT molecular complexity index is 1340. The predicted octanol–water partition coefficient (Wildman–Crippen LogP) is 4.00. The zero-order valence-electron chi connectivity index (χ0n) is 17.4. The van der Waals surface area contributed by atoms with Gasteiger partial charge in [-0.15, -0.1) is 0 Å². The van der Waals surface area contributed by atoms with Gasteiger partial charge in [0.05, 0.1) is 17.1 Å². The van der Waals surface area contributed by atoms with Gasteiger partial charge < -0.3 is 24.9 Å². The van der Waals surface area contributed by atoms with Gasteiger partial charge in [-0.05, 0) is 57.9 Å². The Hall–Kier alpha value is -3.90. The number of aromatic amines is 1. The normalized spacial score (nSPS) is 10.8. The number of anilines is 1. The Morgan fingerprint density at radius 3 is 2.71 bits per heavy atom. The van der Waals surface area contributed by atoms with Crippen LogP contribution in [-0.4, -0.2) is 39.6 Å². The first kappa shape index (κ1) is 24.7. The molecule has 0 spiro atoms. The summed E-state index contributed by atoms with van der Waals surface area (Å²) in [5.41, 5.74) is -1.01. The Kier molecular flexibility index (Phi) is 7.87. The van der Waals surface area contributed by atoms with E-state index in [-0.39, 0.29) is 12.4 Å².